The summed E-state index contributed by atoms with van der Waals surface area (Å²) in [5.41, 5.74) is 0.577. The fraction of sp³-hybridized carbons (Fsp3) is 0.548. The van der Waals surface area contributed by atoms with Crippen LogP contribution in [0, 0.1) is 17.7 Å². The Morgan fingerprint density at radius 2 is 1.93 bits per heavy atom. The van der Waals surface area contributed by atoms with Gasteiger partial charge in [-0.05, 0) is 61.4 Å². The van der Waals surface area contributed by atoms with E-state index in [1.807, 2.05) is 0 Å². The summed E-state index contributed by atoms with van der Waals surface area (Å²) in [6.07, 6.45) is -6.43. The second kappa shape index (κ2) is 13.7. The minimum Gasteiger partial charge on any atom is -0.443 e. The molecule has 1 saturated carbocycles. The average Bonchev–Trinajstić information content (AvgIpc) is 3.80. The van der Waals surface area contributed by atoms with E-state index in [1.54, 1.807) is 30.3 Å². The lowest BCUT2D eigenvalue weighted by Crippen LogP contribution is -2.51. The van der Waals surface area contributed by atoms with E-state index in [0.717, 1.165) is 24.3 Å². The maximum atomic E-state index is 14.4. The Hall–Kier alpha value is -3.03. The van der Waals surface area contributed by atoms with Crippen LogP contribution in [0.1, 0.15) is 55.0 Å². The Morgan fingerprint density at radius 3 is 2.63 bits per heavy atom. The number of anilines is 1. The van der Waals surface area contributed by atoms with Crippen molar-refractivity contribution in [2.75, 3.05) is 31.5 Å². The summed E-state index contributed by atoms with van der Waals surface area (Å²) in [7, 11) is -5.38. The van der Waals surface area contributed by atoms with Crippen LogP contribution in [0.15, 0.2) is 59.5 Å². The van der Waals surface area contributed by atoms with Crippen LogP contribution in [-0.2, 0) is 35.4 Å². The van der Waals surface area contributed by atoms with Gasteiger partial charge in [0, 0.05) is 37.0 Å². The number of hydrogen-bond donors (Lipinski definition) is 3. The predicted molar refractivity (Wildman–Crippen MR) is 159 cm³/mol. The van der Waals surface area contributed by atoms with E-state index in [1.165, 1.54) is 0 Å². The molecule has 12 heteroatoms. The second-order valence-corrected chi connectivity index (χ2v) is 12.3. The summed E-state index contributed by atoms with van der Waals surface area (Å²) in [5, 5.41) is 16.6. The number of benzene rings is 2. The molecule has 0 bridgehead atoms. The molecule has 11 nitrogen and oxygen atoms in total. The highest BCUT2D eigenvalue weighted by molar-refractivity contribution is 7.89. The number of carbonyl (C=O) groups excluding carboxylic acids is 2. The number of amides is 2. The lowest BCUT2D eigenvalue weighted by molar-refractivity contribution is -0.117. The number of rotatable bonds is 13. The predicted octanol–water partition coefficient (Wildman–Crippen LogP) is 3.14. The van der Waals surface area contributed by atoms with Crippen molar-refractivity contribution in [3.63, 3.8) is 0 Å². The molecule has 5 rings (SSSR count). The van der Waals surface area contributed by atoms with E-state index in [4.69, 9.17) is 30.7 Å². The molecule has 3 aliphatic rings. The van der Waals surface area contributed by atoms with Gasteiger partial charge in [0.2, 0.25) is 15.9 Å². The van der Waals surface area contributed by atoms with Crippen molar-refractivity contribution >= 4 is 27.7 Å². The number of ether oxygens (including phenoxy) is 3. The van der Waals surface area contributed by atoms with Crippen molar-refractivity contribution in [3.8, 4) is 0 Å². The van der Waals surface area contributed by atoms with Gasteiger partial charge < -0.3 is 30.0 Å². The highest BCUT2D eigenvalue weighted by atomic mass is 32.2. The van der Waals surface area contributed by atoms with Crippen LogP contribution in [0.3, 0.4) is 0 Å². The van der Waals surface area contributed by atoms with Gasteiger partial charge in [0.1, 0.15) is 6.08 Å². The largest absolute Gasteiger partial charge is 0.443 e. The highest BCUT2D eigenvalue weighted by Crippen LogP contribution is 2.33. The first-order valence-electron chi connectivity index (χ1n) is 19.7. The number of aliphatic hydroxyl groups excluding tert-OH is 1. The smallest absolute Gasteiger partial charge is 0.407 e. The van der Waals surface area contributed by atoms with Crippen LogP contribution < -0.4 is 10.6 Å². The summed E-state index contributed by atoms with van der Waals surface area (Å²) >= 11 is 0. The normalized spacial score (nSPS) is 31.3. The van der Waals surface area contributed by atoms with Gasteiger partial charge in [0.05, 0.1) is 40.2 Å². The number of aliphatic hydroxyl groups is 1. The fourth-order valence-corrected chi connectivity index (χ4v) is 6.00. The van der Waals surface area contributed by atoms with Gasteiger partial charge in [-0.1, -0.05) is 44.0 Å². The Kier molecular flexibility index (Phi) is 6.19. The van der Waals surface area contributed by atoms with Crippen LogP contribution in [0.25, 0.3) is 0 Å². The molecule has 2 aliphatic heterocycles. The summed E-state index contributed by atoms with van der Waals surface area (Å²) in [6, 6.07) is 10.5. The van der Waals surface area contributed by atoms with Crippen LogP contribution in [0.5, 0.6) is 0 Å². The van der Waals surface area contributed by atoms with Crippen molar-refractivity contribution in [1.29, 1.82) is 0 Å². The zero-order valence-electron chi connectivity index (χ0n) is 35.0. The van der Waals surface area contributed by atoms with Gasteiger partial charge in [-0.3, -0.25) is 4.79 Å². The first-order chi connectivity index (χ1) is 25.3. The topological polar surface area (TPSA) is 144 Å². The van der Waals surface area contributed by atoms with Crippen LogP contribution in [0.4, 0.5) is 10.5 Å². The molecule has 234 valence electrons. The van der Waals surface area contributed by atoms with Crippen molar-refractivity contribution in [1.82, 2.24) is 9.62 Å². The molecule has 2 amide bonds. The molecule has 2 aromatic rings. The molecule has 2 saturated heterocycles. The van der Waals surface area contributed by atoms with Crippen molar-refractivity contribution in [2.45, 2.75) is 68.8 Å². The van der Waals surface area contributed by atoms with Gasteiger partial charge >= 0.3 is 6.09 Å². The molecule has 1 aliphatic carbocycles. The third-order valence-corrected chi connectivity index (χ3v) is 8.86. The average molecular weight is 628 g/mol. The molecular formula is C31H41N3O8S. The number of hydrogen-bond acceptors (Lipinski definition) is 8. The number of nitrogens with zero attached hydrogens (tertiary/aromatic N) is 1. The molecule has 5 atom stereocenters. The highest BCUT2D eigenvalue weighted by Gasteiger charge is 2.44. The number of nitrogens with one attached hydrogen (secondary N) is 2. The van der Waals surface area contributed by atoms with E-state index in [-0.39, 0.29) is 41.3 Å². The van der Waals surface area contributed by atoms with Gasteiger partial charge in [0.15, 0.2) is 6.29 Å². The lowest BCUT2D eigenvalue weighted by atomic mass is 10.0. The molecular weight excluding hydrogens is 574 g/mol. The Bertz CT molecular complexity index is 1820. The number of fused-ring (bicyclic) bond motifs is 1. The minimum absolute atomic E-state index is 0.0838. The third kappa shape index (κ3) is 8.12. The molecule has 3 N–H and O–H groups in total. The quantitative estimate of drug-likeness (QED) is 0.307. The van der Waals surface area contributed by atoms with E-state index in [0.29, 0.717) is 18.4 Å². The lowest BCUT2D eigenvalue weighted by Gasteiger charge is -2.31. The Morgan fingerprint density at radius 1 is 1.19 bits per heavy atom. The summed E-state index contributed by atoms with van der Waals surface area (Å²) in [6.45, 7) is -16.3. The summed E-state index contributed by atoms with van der Waals surface area (Å²) in [4.78, 5) is 25.0. The van der Waals surface area contributed by atoms with E-state index in [2.05, 4.69) is 10.6 Å². The maximum absolute atomic E-state index is 14.4. The number of alkyl carbamates (subject to hydrolysis) is 1. The Balaban J connectivity index is 1.53. The van der Waals surface area contributed by atoms with Gasteiger partial charge in [-0.15, -0.1) is 0 Å². The number of carbonyl (C=O) groups is 2. The van der Waals surface area contributed by atoms with E-state index in [9.17, 15) is 23.1 Å². The number of sulfonamides is 1. The van der Waals surface area contributed by atoms with Gasteiger partial charge in [-0.2, -0.15) is 4.31 Å². The first kappa shape index (κ1) is 19.4. The fourth-order valence-electron chi connectivity index (χ4n) is 4.71. The standard InChI is InChI=1S/C31H41N3O8S/c1-20(2)17-34(43(38,39)24-12-10-23(11-13-24)32-29(36)22-8-9-22)18-27(35)26(16-21-6-4-3-5-7-21)33-31(37)42-28-19-41-30-25(28)14-15-40-30/h3-7,10-13,20,22,25-28,30,35H,8-9,14-19H2,1-2H3,(H,32,36)(H,33,37)/t25-,26-,27+,28-,30+/m0/s1/i1D3,2D3,17D2,19D2,20D,28D. The SMILES string of the molecule is [2H]C([2H])([2H])C([2H])(C([2H])([2H])[2H])C([2H])([2H])N(C[C@@H](O)[C@H](Cc1ccccc1)NC(=O)O[C@]1([2H])[C@@H]2CCO[C@@H]2OC1([2H])[2H])S(=O)(=O)c1ccc(NC(=O)C2CC2)cc1. The van der Waals surface area contributed by atoms with Gasteiger partial charge in [0.25, 0.3) is 0 Å². The second-order valence-electron chi connectivity index (χ2n) is 10.4. The molecule has 0 radical (unpaired) electrons. The molecule has 2 aromatic carbocycles. The van der Waals surface area contributed by atoms with Crippen molar-refractivity contribution in [3.05, 3.63) is 60.2 Å². The van der Waals surface area contributed by atoms with E-state index >= 15 is 0 Å². The van der Waals surface area contributed by atoms with Crippen molar-refractivity contribution in [2.24, 2.45) is 17.7 Å². The molecule has 3 fully saturated rings. The minimum atomic E-state index is -5.38. The molecule has 43 heavy (non-hydrogen) atoms. The van der Waals surface area contributed by atoms with Crippen LogP contribution in [0.2, 0.25) is 0 Å². The van der Waals surface area contributed by atoms with Crippen molar-refractivity contribution < 1.29 is 53.8 Å². The summed E-state index contributed by atoms with van der Waals surface area (Å²) in [5.74, 6) is -5.74. The van der Waals surface area contributed by atoms with Crippen LogP contribution >= 0.6 is 0 Å². The van der Waals surface area contributed by atoms with Gasteiger partial charge in [-0.25, -0.2) is 13.2 Å². The monoisotopic (exact) mass is 627 g/mol. The Labute approximate surface area is 269 Å². The van der Waals surface area contributed by atoms with Crippen LogP contribution in [-0.4, -0.2) is 80.6 Å². The first-order valence-corrected chi connectivity index (χ1v) is 15.1. The molecule has 0 aromatic heterocycles. The molecule has 0 unspecified atom stereocenters. The zero-order chi connectivity index (χ0) is 41.0. The third-order valence-electron chi connectivity index (χ3n) is 7.17. The van der Waals surface area contributed by atoms with E-state index < -0.39 is 90.6 Å². The zero-order valence-corrected chi connectivity index (χ0v) is 23.8. The summed E-state index contributed by atoms with van der Waals surface area (Å²) < 4.78 is 143. The molecule has 2 heterocycles. The molecule has 0 spiro atoms. The maximum Gasteiger partial charge on any atom is 0.407 e.